The highest BCUT2D eigenvalue weighted by Gasteiger charge is 2.31. The summed E-state index contributed by atoms with van der Waals surface area (Å²) < 4.78 is 13.1. The molecule has 3 nitrogen and oxygen atoms in total. The summed E-state index contributed by atoms with van der Waals surface area (Å²) >= 11 is 0. The van der Waals surface area contributed by atoms with Crippen molar-refractivity contribution in [2.75, 3.05) is 26.2 Å². The maximum absolute atomic E-state index is 13.1. The third kappa shape index (κ3) is 5.06. The molecule has 2 N–H and O–H groups in total. The van der Waals surface area contributed by atoms with Crippen molar-refractivity contribution in [1.82, 2.24) is 10.2 Å². The van der Waals surface area contributed by atoms with Gasteiger partial charge in [-0.25, -0.2) is 4.39 Å². The van der Waals surface area contributed by atoms with Gasteiger partial charge in [0.1, 0.15) is 5.82 Å². The Hall–Kier alpha value is -0.970. The maximum Gasteiger partial charge on any atom is 0.123 e. The Labute approximate surface area is 127 Å². The van der Waals surface area contributed by atoms with E-state index in [0.717, 1.165) is 51.0 Å². The molecule has 2 rings (SSSR count). The van der Waals surface area contributed by atoms with Crippen LogP contribution in [-0.2, 0) is 0 Å². The van der Waals surface area contributed by atoms with Gasteiger partial charge in [-0.2, -0.15) is 0 Å². The van der Waals surface area contributed by atoms with Gasteiger partial charge in [0.2, 0.25) is 0 Å². The minimum absolute atomic E-state index is 0.191. The highest BCUT2D eigenvalue weighted by Crippen LogP contribution is 2.23. The average Bonchev–Trinajstić information content (AvgIpc) is 2.80. The number of hydrogen-bond donors (Lipinski definition) is 2. The second-order valence-corrected chi connectivity index (χ2v) is 6.37. The third-order valence-corrected chi connectivity index (χ3v) is 4.18. The highest BCUT2D eigenvalue weighted by atomic mass is 19.1. The Kier molecular flexibility index (Phi) is 5.73. The summed E-state index contributed by atoms with van der Waals surface area (Å²) in [4.78, 5) is 2.31. The van der Waals surface area contributed by atoms with Crippen molar-refractivity contribution in [1.29, 1.82) is 0 Å². The number of likely N-dealkylation sites (tertiary alicyclic amines) is 1. The number of hydrogen-bond acceptors (Lipinski definition) is 3. The van der Waals surface area contributed by atoms with E-state index in [9.17, 15) is 9.50 Å². The van der Waals surface area contributed by atoms with Crippen LogP contribution in [0.3, 0.4) is 0 Å². The molecule has 0 radical (unpaired) electrons. The molecule has 0 saturated carbocycles. The van der Waals surface area contributed by atoms with Crippen molar-refractivity contribution < 1.29 is 9.50 Å². The van der Waals surface area contributed by atoms with E-state index in [1.54, 1.807) is 0 Å². The van der Waals surface area contributed by atoms with Crippen LogP contribution >= 0.6 is 0 Å². The number of β-amino-alcohol motifs (C(OH)–C–C–N with tert-alkyl or cyclic N) is 1. The highest BCUT2D eigenvalue weighted by molar-refractivity contribution is 5.20. The van der Waals surface area contributed by atoms with Crippen LogP contribution in [0.4, 0.5) is 4.39 Å². The second-order valence-electron chi connectivity index (χ2n) is 6.37. The Balaban J connectivity index is 1.92. The molecule has 1 saturated heterocycles. The Morgan fingerprint density at radius 2 is 2.10 bits per heavy atom. The quantitative estimate of drug-likeness (QED) is 0.811. The maximum atomic E-state index is 13.1. The minimum atomic E-state index is -0.539. The van der Waals surface area contributed by atoms with Gasteiger partial charge in [-0.1, -0.05) is 19.1 Å². The molecule has 1 aromatic carbocycles. The first-order valence-electron chi connectivity index (χ1n) is 7.94. The van der Waals surface area contributed by atoms with E-state index < -0.39 is 5.60 Å². The molecule has 0 amide bonds. The fraction of sp³-hybridized carbons (Fsp3) is 0.647. The molecule has 21 heavy (non-hydrogen) atoms. The lowest BCUT2D eigenvalue weighted by atomic mass is 10.0. The first-order chi connectivity index (χ1) is 10.00. The van der Waals surface area contributed by atoms with Crippen molar-refractivity contribution in [3.63, 3.8) is 0 Å². The smallest absolute Gasteiger partial charge is 0.123 e. The molecule has 2 atom stereocenters. The molecule has 1 heterocycles. The molecule has 1 fully saturated rings. The monoisotopic (exact) mass is 294 g/mol. The lowest BCUT2D eigenvalue weighted by Crippen LogP contribution is -2.32. The van der Waals surface area contributed by atoms with Crippen molar-refractivity contribution in [2.45, 2.75) is 44.8 Å². The van der Waals surface area contributed by atoms with Crippen LogP contribution in [0, 0.1) is 5.82 Å². The SMILES string of the molecule is CCCNC(CCN1CCC(C)(O)C1)c1ccc(F)cc1. The van der Waals surface area contributed by atoms with Gasteiger partial charge < -0.3 is 15.3 Å². The summed E-state index contributed by atoms with van der Waals surface area (Å²) in [5, 5.41) is 13.6. The molecule has 0 aliphatic carbocycles. The number of nitrogens with zero attached hydrogens (tertiary/aromatic N) is 1. The Morgan fingerprint density at radius 3 is 2.67 bits per heavy atom. The molecule has 0 spiro atoms. The number of nitrogens with one attached hydrogen (secondary N) is 1. The van der Waals surface area contributed by atoms with Gasteiger partial charge in [-0.05, 0) is 50.4 Å². The lowest BCUT2D eigenvalue weighted by Gasteiger charge is -2.23. The van der Waals surface area contributed by atoms with Gasteiger partial charge >= 0.3 is 0 Å². The number of halogens is 1. The van der Waals surface area contributed by atoms with Gasteiger partial charge in [0.05, 0.1) is 5.60 Å². The van der Waals surface area contributed by atoms with Gasteiger partial charge in [0, 0.05) is 25.7 Å². The normalized spacial score (nSPS) is 24.4. The predicted molar refractivity (Wildman–Crippen MR) is 83.7 cm³/mol. The van der Waals surface area contributed by atoms with Crippen LogP contribution in [0.5, 0.6) is 0 Å². The fourth-order valence-corrected chi connectivity index (χ4v) is 2.94. The fourth-order valence-electron chi connectivity index (χ4n) is 2.94. The summed E-state index contributed by atoms with van der Waals surface area (Å²) in [6, 6.07) is 7.02. The molecule has 2 unspecified atom stereocenters. The molecule has 0 aromatic heterocycles. The zero-order valence-corrected chi connectivity index (χ0v) is 13.1. The summed E-state index contributed by atoms with van der Waals surface area (Å²) in [6.07, 6.45) is 2.90. The Morgan fingerprint density at radius 1 is 1.38 bits per heavy atom. The molecular weight excluding hydrogens is 267 g/mol. The van der Waals surface area contributed by atoms with E-state index in [1.165, 1.54) is 12.1 Å². The molecule has 1 aromatic rings. The zero-order chi connectivity index (χ0) is 15.3. The van der Waals surface area contributed by atoms with Gasteiger partial charge in [0.25, 0.3) is 0 Å². The lowest BCUT2D eigenvalue weighted by molar-refractivity contribution is 0.0683. The van der Waals surface area contributed by atoms with E-state index in [4.69, 9.17) is 0 Å². The van der Waals surface area contributed by atoms with Gasteiger partial charge in [0.15, 0.2) is 0 Å². The van der Waals surface area contributed by atoms with Crippen molar-refractivity contribution in [3.8, 4) is 0 Å². The van der Waals surface area contributed by atoms with E-state index in [0.29, 0.717) is 0 Å². The summed E-state index contributed by atoms with van der Waals surface area (Å²) in [7, 11) is 0. The van der Waals surface area contributed by atoms with Crippen molar-refractivity contribution >= 4 is 0 Å². The van der Waals surface area contributed by atoms with Crippen LogP contribution in [0.2, 0.25) is 0 Å². The third-order valence-electron chi connectivity index (χ3n) is 4.18. The van der Waals surface area contributed by atoms with Gasteiger partial charge in [-0.15, -0.1) is 0 Å². The van der Waals surface area contributed by atoms with Crippen molar-refractivity contribution in [2.24, 2.45) is 0 Å². The van der Waals surface area contributed by atoms with Gasteiger partial charge in [-0.3, -0.25) is 0 Å². The standard InChI is InChI=1S/C17H27FN2O/c1-3-10-19-16(14-4-6-15(18)7-5-14)8-11-20-12-9-17(2,21)13-20/h4-7,16,19,21H,3,8-13H2,1-2H3. The molecular formula is C17H27FN2O. The topological polar surface area (TPSA) is 35.5 Å². The van der Waals surface area contributed by atoms with Crippen molar-refractivity contribution in [3.05, 3.63) is 35.6 Å². The van der Waals surface area contributed by atoms with E-state index >= 15 is 0 Å². The largest absolute Gasteiger partial charge is 0.389 e. The first kappa shape index (κ1) is 16.4. The molecule has 1 aliphatic heterocycles. The number of aliphatic hydroxyl groups is 1. The number of benzene rings is 1. The summed E-state index contributed by atoms with van der Waals surface area (Å²) in [5.74, 6) is -0.191. The van der Waals surface area contributed by atoms with Crippen LogP contribution in [0.15, 0.2) is 24.3 Å². The van der Waals surface area contributed by atoms with E-state index in [2.05, 4.69) is 17.1 Å². The van der Waals surface area contributed by atoms with Crippen LogP contribution < -0.4 is 5.32 Å². The molecule has 118 valence electrons. The summed E-state index contributed by atoms with van der Waals surface area (Å²) in [6.45, 7) is 7.66. The zero-order valence-electron chi connectivity index (χ0n) is 13.1. The number of rotatable bonds is 7. The minimum Gasteiger partial charge on any atom is -0.389 e. The van der Waals surface area contributed by atoms with E-state index in [1.807, 2.05) is 19.1 Å². The predicted octanol–water partition coefficient (Wildman–Crippen LogP) is 2.71. The van der Waals surface area contributed by atoms with Crippen LogP contribution in [0.1, 0.15) is 44.7 Å². The molecule has 1 aliphatic rings. The molecule has 0 bridgehead atoms. The average molecular weight is 294 g/mol. The van der Waals surface area contributed by atoms with Crippen LogP contribution in [-0.4, -0.2) is 41.8 Å². The second kappa shape index (κ2) is 7.34. The summed E-state index contributed by atoms with van der Waals surface area (Å²) in [5.41, 5.74) is 0.596. The van der Waals surface area contributed by atoms with Crippen LogP contribution in [0.25, 0.3) is 0 Å². The first-order valence-corrected chi connectivity index (χ1v) is 7.94. The Bertz CT molecular complexity index is 433. The van der Waals surface area contributed by atoms with E-state index in [-0.39, 0.29) is 11.9 Å². The molecule has 4 heteroatoms.